The molecule has 1 aliphatic carbocycles. The van der Waals surface area contributed by atoms with Gasteiger partial charge in [0, 0.05) is 24.7 Å². The van der Waals surface area contributed by atoms with Gasteiger partial charge in [0.15, 0.2) is 0 Å². The van der Waals surface area contributed by atoms with Gasteiger partial charge >= 0.3 is 0 Å². The second-order valence-electron chi connectivity index (χ2n) is 5.66. The topological polar surface area (TPSA) is 15.3 Å². The van der Waals surface area contributed by atoms with Gasteiger partial charge in [-0.2, -0.15) is 0 Å². The van der Waals surface area contributed by atoms with Crippen molar-refractivity contribution < 1.29 is 0 Å². The van der Waals surface area contributed by atoms with Gasteiger partial charge in [0.05, 0.1) is 0 Å². The molecule has 92 valence electrons. The molecule has 1 heterocycles. The third-order valence-corrected chi connectivity index (χ3v) is 4.68. The zero-order valence-corrected chi connectivity index (χ0v) is 10.7. The van der Waals surface area contributed by atoms with Crippen LogP contribution in [0.4, 0.5) is 0 Å². The summed E-state index contributed by atoms with van der Waals surface area (Å²) < 4.78 is 0. The first-order chi connectivity index (χ1) is 8.30. The molecular weight excluding hydrogens is 208 g/mol. The number of benzene rings is 1. The minimum atomic E-state index is 0.464. The maximum absolute atomic E-state index is 3.76. The van der Waals surface area contributed by atoms with E-state index in [0.29, 0.717) is 11.6 Å². The van der Waals surface area contributed by atoms with Crippen molar-refractivity contribution in [3.05, 3.63) is 35.9 Å². The standard InChI is InChI=1S/C15H22N2/c1-17-11-14(13-7-3-2-4-8-13)16-12-15(17)9-5-6-10-15/h2-4,7-8,14,16H,5-6,9-12H2,1H3. The Balaban J connectivity index is 1.73. The van der Waals surface area contributed by atoms with E-state index in [1.165, 1.54) is 31.2 Å². The van der Waals surface area contributed by atoms with Crippen LogP contribution in [0.2, 0.25) is 0 Å². The van der Waals surface area contributed by atoms with Crippen molar-refractivity contribution in [2.24, 2.45) is 0 Å². The lowest BCUT2D eigenvalue weighted by Crippen LogP contribution is -2.59. The van der Waals surface area contributed by atoms with Crippen molar-refractivity contribution in [3.8, 4) is 0 Å². The van der Waals surface area contributed by atoms with E-state index in [9.17, 15) is 0 Å². The van der Waals surface area contributed by atoms with Crippen LogP contribution in [-0.4, -0.2) is 30.6 Å². The van der Waals surface area contributed by atoms with Crippen LogP contribution in [0, 0.1) is 0 Å². The lowest BCUT2D eigenvalue weighted by molar-refractivity contribution is 0.0690. The Labute approximate surface area is 104 Å². The van der Waals surface area contributed by atoms with Crippen LogP contribution in [0.3, 0.4) is 0 Å². The van der Waals surface area contributed by atoms with Crippen LogP contribution in [0.1, 0.15) is 37.3 Å². The van der Waals surface area contributed by atoms with Crippen molar-refractivity contribution in [3.63, 3.8) is 0 Å². The number of nitrogens with one attached hydrogen (secondary N) is 1. The highest BCUT2D eigenvalue weighted by atomic mass is 15.3. The van der Waals surface area contributed by atoms with Gasteiger partial charge in [0.25, 0.3) is 0 Å². The van der Waals surface area contributed by atoms with Crippen molar-refractivity contribution in [1.82, 2.24) is 10.2 Å². The first-order valence-corrected chi connectivity index (χ1v) is 6.80. The van der Waals surface area contributed by atoms with E-state index in [1.807, 2.05) is 0 Å². The minimum absolute atomic E-state index is 0.464. The molecule has 0 radical (unpaired) electrons. The van der Waals surface area contributed by atoms with Gasteiger partial charge in [-0.1, -0.05) is 43.2 Å². The maximum Gasteiger partial charge on any atom is 0.0450 e. The highest BCUT2D eigenvalue weighted by Crippen LogP contribution is 2.37. The second kappa shape index (κ2) is 4.43. The largest absolute Gasteiger partial charge is 0.307 e. The quantitative estimate of drug-likeness (QED) is 0.797. The van der Waals surface area contributed by atoms with Crippen LogP contribution in [0.5, 0.6) is 0 Å². The Morgan fingerprint density at radius 2 is 1.88 bits per heavy atom. The molecule has 0 bridgehead atoms. The molecular formula is C15H22N2. The van der Waals surface area contributed by atoms with E-state index < -0.39 is 0 Å². The zero-order chi connectivity index (χ0) is 11.7. The summed E-state index contributed by atoms with van der Waals surface area (Å²) in [5, 5.41) is 3.76. The molecule has 2 aliphatic rings. The van der Waals surface area contributed by atoms with Crippen LogP contribution in [-0.2, 0) is 0 Å². The summed E-state index contributed by atoms with van der Waals surface area (Å²) >= 11 is 0. The summed E-state index contributed by atoms with van der Waals surface area (Å²) in [5.74, 6) is 0. The Kier molecular flexibility index (Phi) is 2.93. The second-order valence-corrected chi connectivity index (χ2v) is 5.66. The molecule has 1 aromatic rings. The first-order valence-electron chi connectivity index (χ1n) is 6.80. The van der Waals surface area contributed by atoms with E-state index in [-0.39, 0.29) is 0 Å². The van der Waals surface area contributed by atoms with Crippen molar-refractivity contribution in [1.29, 1.82) is 0 Å². The molecule has 0 amide bonds. The number of rotatable bonds is 1. The Bertz CT molecular complexity index is 368. The summed E-state index contributed by atoms with van der Waals surface area (Å²) in [5.41, 5.74) is 1.89. The zero-order valence-electron chi connectivity index (χ0n) is 10.7. The third-order valence-electron chi connectivity index (χ3n) is 4.68. The van der Waals surface area contributed by atoms with Crippen molar-refractivity contribution in [2.45, 2.75) is 37.3 Å². The van der Waals surface area contributed by atoms with Crippen LogP contribution in [0.15, 0.2) is 30.3 Å². The SMILES string of the molecule is CN1CC(c2ccccc2)NCC12CCCC2. The van der Waals surface area contributed by atoms with Gasteiger partial charge in [0.2, 0.25) is 0 Å². The average molecular weight is 230 g/mol. The van der Waals surface area contributed by atoms with Gasteiger partial charge in [-0.25, -0.2) is 0 Å². The van der Waals surface area contributed by atoms with Crippen LogP contribution >= 0.6 is 0 Å². The number of nitrogens with zero attached hydrogens (tertiary/aromatic N) is 1. The van der Waals surface area contributed by atoms with Gasteiger partial charge in [-0.3, -0.25) is 4.90 Å². The first kappa shape index (κ1) is 11.2. The minimum Gasteiger partial charge on any atom is -0.307 e. The molecule has 1 N–H and O–H groups in total. The molecule has 1 saturated carbocycles. The smallest absolute Gasteiger partial charge is 0.0450 e. The van der Waals surface area contributed by atoms with E-state index in [4.69, 9.17) is 0 Å². The molecule has 2 heteroatoms. The predicted molar refractivity (Wildman–Crippen MR) is 71.0 cm³/mol. The fraction of sp³-hybridized carbons (Fsp3) is 0.600. The highest BCUT2D eigenvalue weighted by Gasteiger charge is 2.41. The monoisotopic (exact) mass is 230 g/mol. The summed E-state index contributed by atoms with van der Waals surface area (Å²) in [6.07, 6.45) is 5.56. The van der Waals surface area contributed by atoms with Gasteiger partial charge in [-0.05, 0) is 25.5 Å². The fourth-order valence-electron chi connectivity index (χ4n) is 3.48. The van der Waals surface area contributed by atoms with Gasteiger partial charge < -0.3 is 5.32 Å². The molecule has 1 unspecified atom stereocenters. The molecule has 17 heavy (non-hydrogen) atoms. The summed E-state index contributed by atoms with van der Waals surface area (Å²) in [6, 6.07) is 11.3. The molecule has 1 atom stereocenters. The van der Waals surface area contributed by atoms with Gasteiger partial charge in [-0.15, -0.1) is 0 Å². The Hall–Kier alpha value is -0.860. The number of likely N-dealkylation sites (N-methyl/N-ethyl adjacent to an activating group) is 1. The number of hydrogen-bond acceptors (Lipinski definition) is 2. The normalized spacial score (nSPS) is 28.6. The van der Waals surface area contributed by atoms with Gasteiger partial charge in [0.1, 0.15) is 0 Å². The molecule has 0 aromatic heterocycles. The predicted octanol–water partition coefficient (Wildman–Crippen LogP) is 2.58. The average Bonchev–Trinajstić information content (AvgIpc) is 2.84. The van der Waals surface area contributed by atoms with E-state index in [0.717, 1.165) is 13.1 Å². The molecule has 3 rings (SSSR count). The summed E-state index contributed by atoms with van der Waals surface area (Å²) in [4.78, 5) is 2.61. The van der Waals surface area contributed by atoms with Crippen LogP contribution in [0.25, 0.3) is 0 Å². The lowest BCUT2D eigenvalue weighted by Gasteiger charge is -2.46. The molecule has 1 saturated heterocycles. The number of hydrogen-bond donors (Lipinski definition) is 1. The van der Waals surface area contributed by atoms with E-state index >= 15 is 0 Å². The molecule has 2 nitrogen and oxygen atoms in total. The lowest BCUT2D eigenvalue weighted by atomic mass is 9.90. The van der Waals surface area contributed by atoms with E-state index in [1.54, 1.807) is 0 Å². The van der Waals surface area contributed by atoms with Crippen molar-refractivity contribution >= 4 is 0 Å². The Morgan fingerprint density at radius 3 is 2.53 bits per heavy atom. The Morgan fingerprint density at radius 1 is 1.18 bits per heavy atom. The summed E-state index contributed by atoms with van der Waals surface area (Å²) in [7, 11) is 2.31. The molecule has 1 spiro atoms. The van der Waals surface area contributed by atoms with Crippen LogP contribution < -0.4 is 5.32 Å². The van der Waals surface area contributed by atoms with E-state index in [2.05, 4.69) is 47.6 Å². The number of piperazine rings is 1. The summed E-state index contributed by atoms with van der Waals surface area (Å²) in [6.45, 7) is 2.30. The highest BCUT2D eigenvalue weighted by molar-refractivity contribution is 5.21. The maximum atomic E-state index is 3.76. The molecule has 1 aliphatic heterocycles. The molecule has 1 aromatic carbocycles. The fourth-order valence-corrected chi connectivity index (χ4v) is 3.48. The van der Waals surface area contributed by atoms with Crippen molar-refractivity contribution in [2.75, 3.05) is 20.1 Å². The molecule has 2 fully saturated rings. The third kappa shape index (κ3) is 2.00.